The number of aromatic amines is 1. The van der Waals surface area contributed by atoms with Crippen LogP contribution in [0.4, 0.5) is 5.69 Å². The fraction of sp³-hybridized carbons (Fsp3) is 0.233. The summed E-state index contributed by atoms with van der Waals surface area (Å²) in [4.78, 5) is 20.2. The maximum Gasteiger partial charge on any atom is 0.260 e. The molecule has 1 aliphatic heterocycles. The fourth-order valence-electron chi connectivity index (χ4n) is 4.91. The first-order valence-corrected chi connectivity index (χ1v) is 13.1. The van der Waals surface area contributed by atoms with Crippen molar-refractivity contribution in [1.29, 1.82) is 0 Å². The SMILES string of the molecule is NCCc1c[nH]c2ccc(OCC(=O)N3CCN(c4ccc(-c5nnc(-c6ccccc6)o5)cc4)CC3)cc12. The molecule has 1 saturated heterocycles. The Morgan fingerprint density at radius 3 is 2.36 bits per heavy atom. The van der Waals surface area contributed by atoms with Crippen LogP contribution in [-0.2, 0) is 11.2 Å². The zero-order valence-electron chi connectivity index (χ0n) is 21.5. The van der Waals surface area contributed by atoms with Gasteiger partial charge < -0.3 is 29.7 Å². The Hall–Kier alpha value is -4.63. The van der Waals surface area contributed by atoms with Gasteiger partial charge >= 0.3 is 0 Å². The van der Waals surface area contributed by atoms with Crippen molar-refractivity contribution < 1.29 is 13.9 Å². The number of amides is 1. The summed E-state index contributed by atoms with van der Waals surface area (Å²) < 4.78 is 11.7. The number of hydrogen-bond acceptors (Lipinski definition) is 7. The zero-order valence-corrected chi connectivity index (χ0v) is 21.5. The van der Waals surface area contributed by atoms with Crippen molar-refractivity contribution >= 4 is 22.5 Å². The lowest BCUT2D eigenvalue weighted by atomic mass is 10.1. The second kappa shape index (κ2) is 11.0. The lowest BCUT2D eigenvalue weighted by molar-refractivity contribution is -0.133. The predicted octanol–water partition coefficient (Wildman–Crippen LogP) is 4.11. The maximum atomic E-state index is 12.8. The van der Waals surface area contributed by atoms with Crippen LogP contribution in [0.25, 0.3) is 33.8 Å². The summed E-state index contributed by atoms with van der Waals surface area (Å²) >= 11 is 0. The second-order valence-electron chi connectivity index (χ2n) is 9.54. The number of carbonyl (C=O) groups excluding carboxylic acids is 1. The topological polar surface area (TPSA) is 114 Å². The molecule has 9 heteroatoms. The second-order valence-corrected chi connectivity index (χ2v) is 9.54. The van der Waals surface area contributed by atoms with E-state index in [1.54, 1.807) is 0 Å². The summed E-state index contributed by atoms with van der Waals surface area (Å²) in [5.74, 6) is 1.67. The number of nitrogens with one attached hydrogen (secondary N) is 1. The van der Waals surface area contributed by atoms with Crippen LogP contribution in [0.2, 0.25) is 0 Å². The van der Waals surface area contributed by atoms with E-state index in [4.69, 9.17) is 14.9 Å². The van der Waals surface area contributed by atoms with Gasteiger partial charge in [0.05, 0.1) is 0 Å². The standard InChI is InChI=1S/C30H30N6O3/c31-13-12-23-19-32-27-11-10-25(18-26(23)27)38-20-28(37)36-16-14-35(15-17-36)24-8-6-22(7-9-24)30-34-33-29(39-30)21-4-2-1-3-5-21/h1-11,18-19,32H,12-17,20,31H2. The molecule has 0 radical (unpaired) electrons. The number of benzene rings is 3. The third-order valence-electron chi connectivity index (χ3n) is 7.07. The van der Waals surface area contributed by atoms with Crippen LogP contribution in [0, 0.1) is 0 Å². The van der Waals surface area contributed by atoms with Crippen molar-refractivity contribution in [2.75, 3.05) is 44.2 Å². The molecule has 0 unspecified atom stereocenters. The molecule has 3 heterocycles. The number of carbonyl (C=O) groups is 1. The van der Waals surface area contributed by atoms with Gasteiger partial charge in [0.1, 0.15) is 5.75 Å². The highest BCUT2D eigenvalue weighted by atomic mass is 16.5. The molecule has 9 nitrogen and oxygen atoms in total. The number of H-pyrrole nitrogens is 1. The molecule has 3 N–H and O–H groups in total. The fourth-order valence-corrected chi connectivity index (χ4v) is 4.91. The Labute approximate surface area is 226 Å². The highest BCUT2D eigenvalue weighted by Gasteiger charge is 2.22. The average Bonchev–Trinajstić information content (AvgIpc) is 3.65. The van der Waals surface area contributed by atoms with Gasteiger partial charge in [0, 0.05) is 60.1 Å². The summed E-state index contributed by atoms with van der Waals surface area (Å²) in [6.07, 6.45) is 2.77. The van der Waals surface area contributed by atoms with E-state index in [1.165, 1.54) is 0 Å². The quantitative estimate of drug-likeness (QED) is 0.315. The molecule has 0 atom stereocenters. The Kier molecular flexibility index (Phi) is 6.97. The highest BCUT2D eigenvalue weighted by molar-refractivity contribution is 5.85. The summed E-state index contributed by atoms with van der Waals surface area (Å²) in [6, 6.07) is 23.6. The van der Waals surface area contributed by atoms with Crippen molar-refractivity contribution in [2.24, 2.45) is 5.73 Å². The molecule has 39 heavy (non-hydrogen) atoms. The van der Waals surface area contributed by atoms with Crippen LogP contribution in [0.1, 0.15) is 5.56 Å². The Morgan fingerprint density at radius 2 is 1.64 bits per heavy atom. The first-order chi connectivity index (χ1) is 19.2. The van der Waals surface area contributed by atoms with Gasteiger partial charge in [-0.3, -0.25) is 4.79 Å². The molecule has 5 aromatic rings. The lowest BCUT2D eigenvalue weighted by Gasteiger charge is -2.36. The number of hydrogen-bond donors (Lipinski definition) is 2. The monoisotopic (exact) mass is 522 g/mol. The number of nitrogens with two attached hydrogens (primary N) is 1. The van der Waals surface area contributed by atoms with E-state index < -0.39 is 0 Å². The minimum absolute atomic E-state index is 0.00745. The Morgan fingerprint density at radius 1 is 0.923 bits per heavy atom. The van der Waals surface area contributed by atoms with Crippen LogP contribution in [0.5, 0.6) is 5.75 Å². The van der Waals surface area contributed by atoms with Crippen molar-refractivity contribution in [1.82, 2.24) is 20.1 Å². The van der Waals surface area contributed by atoms with E-state index in [-0.39, 0.29) is 12.5 Å². The van der Waals surface area contributed by atoms with Crippen LogP contribution in [-0.4, -0.2) is 65.3 Å². The number of fused-ring (bicyclic) bond motifs is 1. The molecule has 0 saturated carbocycles. The summed E-state index contributed by atoms with van der Waals surface area (Å²) in [6.45, 7) is 3.40. The summed E-state index contributed by atoms with van der Waals surface area (Å²) in [7, 11) is 0. The first-order valence-electron chi connectivity index (χ1n) is 13.1. The van der Waals surface area contributed by atoms with E-state index in [0.29, 0.717) is 37.2 Å². The molecular weight excluding hydrogens is 492 g/mol. The molecule has 1 fully saturated rings. The van der Waals surface area contributed by atoms with Gasteiger partial charge in [-0.2, -0.15) is 0 Å². The van der Waals surface area contributed by atoms with Gasteiger partial charge in [-0.05, 0) is 73.1 Å². The highest BCUT2D eigenvalue weighted by Crippen LogP contribution is 2.27. The van der Waals surface area contributed by atoms with Crippen molar-refractivity contribution in [3.63, 3.8) is 0 Å². The molecule has 6 rings (SSSR count). The third-order valence-corrected chi connectivity index (χ3v) is 7.07. The number of rotatable bonds is 8. The molecule has 2 aromatic heterocycles. The minimum Gasteiger partial charge on any atom is -0.484 e. The molecule has 0 bridgehead atoms. The normalized spacial score (nSPS) is 13.7. The number of aromatic nitrogens is 3. The molecule has 198 valence electrons. The molecular formula is C30H30N6O3. The van der Waals surface area contributed by atoms with Crippen LogP contribution < -0.4 is 15.4 Å². The van der Waals surface area contributed by atoms with Crippen LogP contribution in [0.3, 0.4) is 0 Å². The zero-order chi connectivity index (χ0) is 26.6. The van der Waals surface area contributed by atoms with E-state index >= 15 is 0 Å². The van der Waals surface area contributed by atoms with Crippen LogP contribution >= 0.6 is 0 Å². The predicted molar refractivity (Wildman–Crippen MR) is 151 cm³/mol. The summed E-state index contributed by atoms with van der Waals surface area (Å²) in [5.41, 5.74) is 10.8. The number of piperazine rings is 1. The minimum atomic E-state index is -0.00745. The molecule has 0 aliphatic carbocycles. The molecule has 1 amide bonds. The number of anilines is 1. The summed E-state index contributed by atoms with van der Waals surface area (Å²) in [5, 5.41) is 9.47. The van der Waals surface area contributed by atoms with Gasteiger partial charge in [-0.1, -0.05) is 18.2 Å². The van der Waals surface area contributed by atoms with Gasteiger partial charge in [-0.25, -0.2) is 0 Å². The van der Waals surface area contributed by atoms with Crippen molar-refractivity contribution in [2.45, 2.75) is 6.42 Å². The number of nitrogens with zero attached hydrogens (tertiary/aromatic N) is 4. The molecule has 3 aromatic carbocycles. The van der Waals surface area contributed by atoms with Gasteiger partial charge in [0.2, 0.25) is 11.8 Å². The average molecular weight is 523 g/mol. The third kappa shape index (κ3) is 5.35. The van der Waals surface area contributed by atoms with Gasteiger partial charge in [0.15, 0.2) is 6.61 Å². The smallest absolute Gasteiger partial charge is 0.260 e. The first kappa shape index (κ1) is 24.7. The number of ether oxygens (including phenoxy) is 1. The van der Waals surface area contributed by atoms with E-state index in [0.717, 1.165) is 52.8 Å². The van der Waals surface area contributed by atoms with Gasteiger partial charge in [-0.15, -0.1) is 10.2 Å². The van der Waals surface area contributed by atoms with Crippen LogP contribution in [0.15, 0.2) is 83.4 Å². The van der Waals surface area contributed by atoms with E-state index in [2.05, 4.69) is 32.2 Å². The van der Waals surface area contributed by atoms with E-state index in [1.807, 2.05) is 71.8 Å². The maximum absolute atomic E-state index is 12.8. The van der Waals surface area contributed by atoms with Crippen molar-refractivity contribution in [3.8, 4) is 28.7 Å². The Bertz CT molecular complexity index is 1550. The van der Waals surface area contributed by atoms with E-state index in [9.17, 15) is 4.79 Å². The van der Waals surface area contributed by atoms with Crippen molar-refractivity contribution in [3.05, 3.63) is 84.6 Å². The van der Waals surface area contributed by atoms with Gasteiger partial charge in [0.25, 0.3) is 5.91 Å². The molecule has 0 spiro atoms. The lowest BCUT2D eigenvalue weighted by Crippen LogP contribution is -2.50. The molecule has 1 aliphatic rings. The Balaban J connectivity index is 1.02. The largest absolute Gasteiger partial charge is 0.484 e.